The van der Waals surface area contributed by atoms with Crippen LogP contribution in [0, 0.1) is 6.92 Å². The van der Waals surface area contributed by atoms with Crippen LogP contribution in [-0.4, -0.2) is 16.0 Å². The molecule has 52 valence electrons. The van der Waals surface area contributed by atoms with Crippen LogP contribution in [0.2, 0.25) is 0 Å². The molecule has 0 aromatic carbocycles. The zero-order chi connectivity index (χ0) is 6.97. The molecule has 1 aromatic rings. The Labute approximate surface area is 59.4 Å². The number of aryl methyl sites for hydroxylation is 1. The molecule has 0 spiro atoms. The number of nitrogens with zero attached hydrogens (tertiary/aromatic N) is 3. The Morgan fingerprint density at radius 1 is 1.60 bits per heavy atom. The van der Waals surface area contributed by atoms with Crippen LogP contribution in [-0.2, 0) is 13.1 Å². The van der Waals surface area contributed by atoms with Crippen molar-refractivity contribution in [3.8, 4) is 0 Å². The average Bonchev–Trinajstić information content (AvgIpc) is 2.27. The molecule has 1 aliphatic rings. The van der Waals surface area contributed by atoms with Crippen molar-refractivity contribution >= 4 is 6.21 Å². The zero-order valence-electron chi connectivity index (χ0n) is 5.91. The van der Waals surface area contributed by atoms with Crippen LogP contribution in [0.5, 0.6) is 0 Å². The summed E-state index contributed by atoms with van der Waals surface area (Å²) in [5, 5.41) is 4.28. The van der Waals surface area contributed by atoms with Gasteiger partial charge in [0.15, 0.2) is 0 Å². The maximum atomic E-state index is 4.28. The Hall–Kier alpha value is -1.12. The van der Waals surface area contributed by atoms with E-state index in [9.17, 15) is 0 Å². The monoisotopic (exact) mass is 135 g/mol. The molecule has 1 aliphatic heterocycles. The maximum absolute atomic E-state index is 4.28. The SMILES string of the molecule is Cc1cc2n(n1)CC=NC2. The summed E-state index contributed by atoms with van der Waals surface area (Å²) in [6.45, 7) is 3.63. The van der Waals surface area contributed by atoms with Crippen LogP contribution in [0.3, 0.4) is 0 Å². The fraction of sp³-hybridized carbons (Fsp3) is 0.429. The first-order valence-corrected chi connectivity index (χ1v) is 3.38. The highest BCUT2D eigenvalue weighted by molar-refractivity contribution is 5.58. The van der Waals surface area contributed by atoms with Gasteiger partial charge >= 0.3 is 0 Å². The molecule has 2 rings (SSSR count). The van der Waals surface area contributed by atoms with Crippen molar-refractivity contribution in [3.05, 3.63) is 17.5 Å². The van der Waals surface area contributed by atoms with E-state index >= 15 is 0 Å². The van der Waals surface area contributed by atoms with Gasteiger partial charge in [0.1, 0.15) is 0 Å². The normalized spacial score (nSPS) is 15.3. The Bertz CT molecular complexity index is 247. The summed E-state index contributed by atoms with van der Waals surface area (Å²) in [6.07, 6.45) is 1.90. The lowest BCUT2D eigenvalue weighted by atomic mass is 10.3. The van der Waals surface area contributed by atoms with Crippen molar-refractivity contribution in [2.24, 2.45) is 4.99 Å². The van der Waals surface area contributed by atoms with E-state index in [-0.39, 0.29) is 0 Å². The Morgan fingerprint density at radius 3 is 3.30 bits per heavy atom. The number of aliphatic imine (C=N–C) groups is 1. The van der Waals surface area contributed by atoms with E-state index in [0.29, 0.717) is 0 Å². The van der Waals surface area contributed by atoms with Crippen LogP contribution >= 0.6 is 0 Å². The van der Waals surface area contributed by atoms with Crippen molar-refractivity contribution in [3.63, 3.8) is 0 Å². The first kappa shape index (κ1) is 5.65. The summed E-state index contributed by atoms with van der Waals surface area (Å²) in [7, 11) is 0. The van der Waals surface area contributed by atoms with Gasteiger partial charge in [-0.25, -0.2) is 0 Å². The molecule has 0 unspecified atom stereocenters. The van der Waals surface area contributed by atoms with Crippen LogP contribution in [0.15, 0.2) is 11.1 Å². The Balaban J connectivity index is 2.46. The summed E-state index contributed by atoms with van der Waals surface area (Å²) in [5.74, 6) is 0. The molecule has 3 heteroatoms. The van der Waals surface area contributed by atoms with Crippen molar-refractivity contribution in [1.82, 2.24) is 9.78 Å². The van der Waals surface area contributed by atoms with Crippen LogP contribution < -0.4 is 0 Å². The summed E-state index contributed by atoms with van der Waals surface area (Å²) in [5.41, 5.74) is 2.31. The highest BCUT2D eigenvalue weighted by Crippen LogP contribution is 2.07. The lowest BCUT2D eigenvalue weighted by Gasteiger charge is -2.05. The molecule has 2 heterocycles. The largest absolute Gasteiger partial charge is 0.289 e. The molecule has 0 saturated carbocycles. The minimum Gasteiger partial charge on any atom is -0.289 e. The Morgan fingerprint density at radius 2 is 2.50 bits per heavy atom. The van der Waals surface area contributed by atoms with E-state index in [2.05, 4.69) is 16.2 Å². The molecular weight excluding hydrogens is 126 g/mol. The molecule has 0 radical (unpaired) electrons. The lowest BCUT2D eigenvalue weighted by molar-refractivity contribution is 0.657. The molecule has 3 nitrogen and oxygen atoms in total. The van der Waals surface area contributed by atoms with E-state index < -0.39 is 0 Å². The minimum absolute atomic E-state index is 0.792. The van der Waals surface area contributed by atoms with Gasteiger partial charge < -0.3 is 0 Å². The Kier molecular flexibility index (Phi) is 1.09. The van der Waals surface area contributed by atoms with Gasteiger partial charge in [-0.1, -0.05) is 0 Å². The van der Waals surface area contributed by atoms with Crippen molar-refractivity contribution < 1.29 is 0 Å². The predicted octanol–water partition coefficient (Wildman–Crippen LogP) is 0.776. The summed E-state index contributed by atoms with van der Waals surface area (Å²) in [4.78, 5) is 4.15. The van der Waals surface area contributed by atoms with Gasteiger partial charge in [0.25, 0.3) is 0 Å². The second kappa shape index (κ2) is 1.94. The van der Waals surface area contributed by atoms with Gasteiger partial charge in [-0.05, 0) is 13.0 Å². The van der Waals surface area contributed by atoms with Gasteiger partial charge in [0.05, 0.1) is 24.5 Å². The summed E-state index contributed by atoms with van der Waals surface area (Å²) < 4.78 is 1.99. The zero-order valence-corrected chi connectivity index (χ0v) is 5.91. The van der Waals surface area contributed by atoms with E-state index in [1.807, 2.05) is 17.8 Å². The maximum Gasteiger partial charge on any atom is 0.0805 e. The lowest BCUT2D eigenvalue weighted by Crippen LogP contribution is -2.09. The van der Waals surface area contributed by atoms with Crippen LogP contribution in [0.1, 0.15) is 11.4 Å². The fourth-order valence-electron chi connectivity index (χ4n) is 1.18. The van der Waals surface area contributed by atoms with E-state index in [0.717, 1.165) is 18.8 Å². The van der Waals surface area contributed by atoms with Crippen molar-refractivity contribution in [2.75, 3.05) is 0 Å². The van der Waals surface area contributed by atoms with E-state index in [1.165, 1.54) is 5.69 Å². The summed E-state index contributed by atoms with van der Waals surface area (Å²) in [6, 6.07) is 2.08. The highest BCUT2D eigenvalue weighted by atomic mass is 15.3. The molecule has 0 atom stereocenters. The van der Waals surface area contributed by atoms with Gasteiger partial charge in [0.2, 0.25) is 0 Å². The first-order chi connectivity index (χ1) is 4.86. The standard InChI is InChI=1S/C7H9N3/c1-6-4-7-5-8-2-3-10(7)9-6/h2,4H,3,5H2,1H3. The number of rotatable bonds is 0. The number of fused-ring (bicyclic) bond motifs is 1. The molecule has 0 saturated heterocycles. The fourth-order valence-corrected chi connectivity index (χ4v) is 1.18. The first-order valence-electron chi connectivity index (χ1n) is 3.38. The minimum atomic E-state index is 0.792. The number of hydrogen-bond donors (Lipinski definition) is 0. The van der Waals surface area contributed by atoms with Gasteiger partial charge in [-0.3, -0.25) is 9.67 Å². The van der Waals surface area contributed by atoms with Gasteiger partial charge in [-0.2, -0.15) is 5.10 Å². The topological polar surface area (TPSA) is 30.2 Å². The van der Waals surface area contributed by atoms with Gasteiger partial charge in [-0.15, -0.1) is 0 Å². The smallest absolute Gasteiger partial charge is 0.0805 e. The molecular formula is C7H9N3. The molecule has 0 aliphatic carbocycles. The molecule has 0 N–H and O–H groups in total. The second-order valence-corrected chi connectivity index (χ2v) is 2.48. The van der Waals surface area contributed by atoms with Crippen molar-refractivity contribution in [2.45, 2.75) is 20.0 Å². The second-order valence-electron chi connectivity index (χ2n) is 2.48. The average molecular weight is 135 g/mol. The molecule has 0 fully saturated rings. The van der Waals surface area contributed by atoms with E-state index in [1.54, 1.807) is 0 Å². The summed E-state index contributed by atoms with van der Waals surface area (Å²) >= 11 is 0. The van der Waals surface area contributed by atoms with Crippen molar-refractivity contribution in [1.29, 1.82) is 0 Å². The number of aromatic nitrogens is 2. The third-order valence-corrected chi connectivity index (χ3v) is 1.62. The molecule has 0 bridgehead atoms. The quantitative estimate of drug-likeness (QED) is 0.517. The van der Waals surface area contributed by atoms with E-state index in [4.69, 9.17) is 0 Å². The van der Waals surface area contributed by atoms with Gasteiger partial charge in [0, 0.05) is 6.21 Å². The molecule has 0 amide bonds. The van der Waals surface area contributed by atoms with Crippen LogP contribution in [0.4, 0.5) is 0 Å². The number of hydrogen-bond acceptors (Lipinski definition) is 2. The molecule has 1 aromatic heterocycles. The third kappa shape index (κ3) is 0.744. The highest BCUT2D eigenvalue weighted by Gasteiger charge is 2.05. The van der Waals surface area contributed by atoms with Crippen LogP contribution in [0.25, 0.3) is 0 Å². The molecule has 10 heavy (non-hydrogen) atoms. The predicted molar refractivity (Wildman–Crippen MR) is 39.2 cm³/mol. The third-order valence-electron chi connectivity index (χ3n) is 1.62.